The minimum absolute atomic E-state index is 0.0840. The van der Waals surface area contributed by atoms with Crippen LogP contribution in [0.1, 0.15) is 52.1 Å². The van der Waals surface area contributed by atoms with Crippen LogP contribution in [0.3, 0.4) is 0 Å². The van der Waals surface area contributed by atoms with Crippen LogP contribution in [0.5, 0.6) is 0 Å². The molecule has 0 spiro atoms. The molecule has 1 aliphatic rings. The lowest BCUT2D eigenvalue weighted by molar-refractivity contribution is -0.130. The third-order valence-corrected chi connectivity index (χ3v) is 5.96. The largest absolute Gasteiger partial charge is 0.465 e. The van der Waals surface area contributed by atoms with E-state index < -0.39 is 5.97 Å². The third kappa shape index (κ3) is 6.39. The summed E-state index contributed by atoms with van der Waals surface area (Å²) in [5, 5.41) is 0. The highest BCUT2D eigenvalue weighted by atomic mass is 16.5. The fourth-order valence-corrected chi connectivity index (χ4v) is 4.04. The zero-order valence-corrected chi connectivity index (χ0v) is 18.8. The summed E-state index contributed by atoms with van der Waals surface area (Å²) in [6, 6.07) is 12.4. The van der Waals surface area contributed by atoms with Crippen LogP contribution in [0, 0.1) is 5.92 Å². The second kappa shape index (κ2) is 11.4. The first-order valence-corrected chi connectivity index (χ1v) is 11.1. The summed E-state index contributed by atoms with van der Waals surface area (Å²) < 4.78 is 4.75. The fraction of sp³-hybridized carbons (Fsp3) is 0.440. The fourth-order valence-electron chi connectivity index (χ4n) is 4.04. The molecule has 0 aliphatic carbocycles. The van der Waals surface area contributed by atoms with Crippen LogP contribution in [0.4, 0.5) is 0 Å². The van der Waals surface area contributed by atoms with Gasteiger partial charge in [-0.15, -0.1) is 0 Å². The number of aromatic nitrogens is 1. The summed E-state index contributed by atoms with van der Waals surface area (Å²) in [6.45, 7) is 1.96. The van der Waals surface area contributed by atoms with Gasteiger partial charge in [0.15, 0.2) is 0 Å². The Labute approximate surface area is 189 Å². The number of ether oxygens (including phenoxy) is 1. The maximum atomic E-state index is 13.0. The van der Waals surface area contributed by atoms with Crippen LogP contribution in [-0.2, 0) is 16.0 Å². The van der Waals surface area contributed by atoms with Gasteiger partial charge in [0.25, 0.3) is 5.91 Å². The summed E-state index contributed by atoms with van der Waals surface area (Å²) in [5.41, 5.74) is 1.83. The summed E-state index contributed by atoms with van der Waals surface area (Å²) in [7, 11) is 3.15. The standard InChI is InChI=1S/C25H31N3O4/c1-27(16-13-22-10-3-4-14-26-22)23(29)12-11-19-7-6-15-28(18-19)24(30)20-8-5-9-21(17-20)25(31)32-2/h3-5,8-10,14,17,19H,6-7,11-13,15-16,18H2,1-2H3/t19-/m1/s1. The molecule has 2 amide bonds. The highest BCUT2D eigenvalue weighted by molar-refractivity contribution is 5.98. The van der Waals surface area contributed by atoms with Gasteiger partial charge in [0, 0.05) is 57.0 Å². The lowest BCUT2D eigenvalue weighted by Gasteiger charge is -2.33. The number of carbonyl (C=O) groups is 3. The Morgan fingerprint density at radius 2 is 1.97 bits per heavy atom. The topological polar surface area (TPSA) is 79.8 Å². The van der Waals surface area contributed by atoms with E-state index in [4.69, 9.17) is 4.74 Å². The Balaban J connectivity index is 1.48. The van der Waals surface area contributed by atoms with Gasteiger partial charge in [0.05, 0.1) is 12.7 Å². The molecule has 3 rings (SSSR count). The zero-order chi connectivity index (χ0) is 22.9. The first-order chi connectivity index (χ1) is 15.5. The van der Waals surface area contributed by atoms with E-state index in [-0.39, 0.29) is 11.8 Å². The lowest BCUT2D eigenvalue weighted by atomic mass is 9.92. The van der Waals surface area contributed by atoms with Crippen LogP contribution in [0.25, 0.3) is 0 Å². The molecule has 1 atom stereocenters. The number of likely N-dealkylation sites (tertiary alicyclic amines) is 1. The van der Waals surface area contributed by atoms with Gasteiger partial charge < -0.3 is 14.5 Å². The smallest absolute Gasteiger partial charge is 0.337 e. The maximum absolute atomic E-state index is 13.0. The number of esters is 1. The molecule has 1 aromatic heterocycles. The van der Waals surface area contributed by atoms with Gasteiger partial charge in [0.1, 0.15) is 0 Å². The molecule has 7 nitrogen and oxygen atoms in total. The zero-order valence-electron chi connectivity index (χ0n) is 18.8. The molecule has 0 unspecified atom stereocenters. The van der Waals surface area contributed by atoms with Crippen molar-refractivity contribution in [3.63, 3.8) is 0 Å². The lowest BCUT2D eigenvalue weighted by Crippen LogP contribution is -2.40. The average Bonchev–Trinajstić information content (AvgIpc) is 2.85. The van der Waals surface area contributed by atoms with Gasteiger partial charge >= 0.3 is 5.97 Å². The van der Waals surface area contributed by atoms with Gasteiger partial charge in [-0.2, -0.15) is 0 Å². The van der Waals surface area contributed by atoms with E-state index in [1.807, 2.05) is 30.1 Å². The molecule has 1 aromatic carbocycles. The molecule has 7 heteroatoms. The van der Waals surface area contributed by atoms with Crippen molar-refractivity contribution in [2.45, 2.75) is 32.1 Å². The number of amides is 2. The molecule has 0 radical (unpaired) electrons. The van der Waals surface area contributed by atoms with Gasteiger partial charge in [-0.25, -0.2) is 4.79 Å². The molecule has 32 heavy (non-hydrogen) atoms. The Bertz CT molecular complexity index is 932. The second-order valence-corrected chi connectivity index (χ2v) is 8.26. The van der Waals surface area contributed by atoms with Crippen LogP contribution >= 0.6 is 0 Å². The number of hydrogen-bond acceptors (Lipinski definition) is 5. The van der Waals surface area contributed by atoms with Crippen LogP contribution in [-0.4, -0.2) is 66.4 Å². The first-order valence-electron chi connectivity index (χ1n) is 11.1. The molecule has 0 saturated carbocycles. The van der Waals surface area contributed by atoms with E-state index in [2.05, 4.69) is 4.98 Å². The molecule has 1 fully saturated rings. The molecule has 1 aliphatic heterocycles. The SMILES string of the molecule is COC(=O)c1cccc(C(=O)N2CCC[C@H](CCC(=O)N(C)CCc3ccccn3)C2)c1. The van der Waals surface area contributed by atoms with Crippen molar-refractivity contribution in [2.75, 3.05) is 33.8 Å². The number of hydrogen-bond donors (Lipinski definition) is 0. The van der Waals surface area contributed by atoms with Crippen LogP contribution in [0.15, 0.2) is 48.7 Å². The van der Waals surface area contributed by atoms with E-state index in [1.54, 1.807) is 35.4 Å². The number of rotatable bonds is 8. The summed E-state index contributed by atoms with van der Waals surface area (Å²) in [6.07, 6.45) is 5.66. The maximum Gasteiger partial charge on any atom is 0.337 e. The first kappa shape index (κ1) is 23.4. The van der Waals surface area contributed by atoms with Crippen molar-refractivity contribution in [2.24, 2.45) is 5.92 Å². The Hall–Kier alpha value is -3.22. The van der Waals surface area contributed by atoms with Gasteiger partial charge in [-0.1, -0.05) is 12.1 Å². The van der Waals surface area contributed by atoms with Gasteiger partial charge in [-0.05, 0) is 55.5 Å². The minimum Gasteiger partial charge on any atom is -0.465 e. The average molecular weight is 438 g/mol. The second-order valence-electron chi connectivity index (χ2n) is 8.26. The highest BCUT2D eigenvalue weighted by Gasteiger charge is 2.25. The number of benzene rings is 1. The molecule has 0 N–H and O–H groups in total. The minimum atomic E-state index is -0.457. The summed E-state index contributed by atoms with van der Waals surface area (Å²) in [4.78, 5) is 45.2. The number of methoxy groups -OCH3 is 1. The quantitative estimate of drug-likeness (QED) is 0.593. The molecule has 1 saturated heterocycles. The predicted octanol–water partition coefficient (Wildman–Crippen LogP) is 3.20. The molecule has 2 aromatic rings. The van der Waals surface area contributed by atoms with Crippen molar-refractivity contribution < 1.29 is 19.1 Å². The number of pyridine rings is 1. The summed E-state index contributed by atoms with van der Waals surface area (Å²) >= 11 is 0. The van der Waals surface area contributed by atoms with Gasteiger partial charge in [-0.3, -0.25) is 14.6 Å². The number of carbonyl (C=O) groups excluding carboxylic acids is 3. The predicted molar refractivity (Wildman–Crippen MR) is 121 cm³/mol. The van der Waals surface area contributed by atoms with Crippen LogP contribution < -0.4 is 0 Å². The highest BCUT2D eigenvalue weighted by Crippen LogP contribution is 2.23. The van der Waals surface area contributed by atoms with E-state index in [9.17, 15) is 14.4 Å². The van der Waals surface area contributed by atoms with Crippen molar-refractivity contribution in [3.8, 4) is 0 Å². The van der Waals surface area contributed by atoms with Crippen molar-refractivity contribution in [1.82, 2.24) is 14.8 Å². The van der Waals surface area contributed by atoms with Gasteiger partial charge in [0.2, 0.25) is 5.91 Å². The number of nitrogens with zero attached hydrogens (tertiary/aromatic N) is 3. The molecular formula is C25H31N3O4. The van der Waals surface area contributed by atoms with Crippen LogP contribution in [0.2, 0.25) is 0 Å². The number of piperidine rings is 1. The van der Waals surface area contributed by atoms with Crippen molar-refractivity contribution in [1.29, 1.82) is 0 Å². The monoisotopic (exact) mass is 437 g/mol. The Morgan fingerprint density at radius 1 is 1.16 bits per heavy atom. The Kier molecular flexibility index (Phi) is 8.36. The Morgan fingerprint density at radius 3 is 2.72 bits per heavy atom. The normalized spacial score (nSPS) is 15.8. The van der Waals surface area contributed by atoms with Crippen molar-refractivity contribution in [3.05, 3.63) is 65.5 Å². The molecule has 0 bridgehead atoms. The van der Waals surface area contributed by atoms with E-state index >= 15 is 0 Å². The molecule has 170 valence electrons. The van der Waals surface area contributed by atoms with Crippen molar-refractivity contribution >= 4 is 17.8 Å². The third-order valence-electron chi connectivity index (χ3n) is 5.96. The van der Waals surface area contributed by atoms with E-state index in [0.29, 0.717) is 43.1 Å². The number of likely N-dealkylation sites (N-methyl/N-ethyl adjacent to an activating group) is 1. The molecule has 2 heterocycles. The molecular weight excluding hydrogens is 406 g/mol. The summed E-state index contributed by atoms with van der Waals surface area (Å²) in [5.74, 6) is -0.124. The van der Waals surface area contributed by atoms with E-state index in [0.717, 1.165) is 31.4 Å². The van der Waals surface area contributed by atoms with E-state index in [1.165, 1.54) is 7.11 Å².